The molecule has 61 heavy (non-hydrogen) atoms. The second kappa shape index (κ2) is 22.5. The number of amides is 3. The van der Waals surface area contributed by atoms with Crippen molar-refractivity contribution in [3.8, 4) is 17.2 Å². The number of nitrogens with one attached hydrogen (secondary N) is 3. The molecule has 0 atom stereocenters. The summed E-state index contributed by atoms with van der Waals surface area (Å²) < 4.78 is 16.2. The molecule has 0 bridgehead atoms. The monoisotopic (exact) mass is 821 g/mol. The summed E-state index contributed by atoms with van der Waals surface area (Å²) in [5, 5.41) is 8.19. The molecule has 0 radical (unpaired) electrons. The maximum absolute atomic E-state index is 12.0. The molecule has 9 nitrogen and oxygen atoms in total. The van der Waals surface area contributed by atoms with Gasteiger partial charge in [0.2, 0.25) is 0 Å². The van der Waals surface area contributed by atoms with Gasteiger partial charge in [-0.2, -0.15) is 0 Å². The van der Waals surface area contributed by atoms with Gasteiger partial charge in [-0.25, -0.2) is 14.4 Å². The molecule has 3 N–H and O–H groups in total. The smallest absolute Gasteiger partial charge is 0.410 e. The molecule has 0 spiro atoms. The van der Waals surface area contributed by atoms with Crippen LogP contribution in [-0.4, -0.2) is 18.3 Å². The second-order valence-electron chi connectivity index (χ2n) is 15.2. The molecular formula is C52H59N3O6. The number of hydrogen-bond acceptors (Lipinski definition) is 6. The van der Waals surface area contributed by atoms with Gasteiger partial charge in [0.25, 0.3) is 0 Å². The predicted octanol–water partition coefficient (Wildman–Crippen LogP) is 13.8. The Hall–Kier alpha value is -6.87. The molecule has 9 heteroatoms. The molecule has 318 valence electrons. The van der Waals surface area contributed by atoms with Crippen LogP contribution in [0.3, 0.4) is 0 Å². The van der Waals surface area contributed by atoms with Gasteiger partial charge in [-0.3, -0.25) is 16.0 Å². The Morgan fingerprint density at radius 3 is 1.11 bits per heavy atom. The van der Waals surface area contributed by atoms with E-state index in [1.807, 2.05) is 178 Å². The minimum Gasteiger partial charge on any atom is -0.410 e. The van der Waals surface area contributed by atoms with E-state index in [1.165, 1.54) is 16.7 Å². The summed E-state index contributed by atoms with van der Waals surface area (Å²) in [5.74, 6) is 1.85. The predicted molar refractivity (Wildman–Crippen MR) is 249 cm³/mol. The first-order valence-electron chi connectivity index (χ1n) is 20.5. The largest absolute Gasteiger partial charge is 0.417 e. The molecule has 0 aliphatic heterocycles. The third-order valence-corrected chi connectivity index (χ3v) is 9.83. The van der Waals surface area contributed by atoms with E-state index < -0.39 is 18.3 Å². The van der Waals surface area contributed by atoms with E-state index >= 15 is 0 Å². The van der Waals surface area contributed by atoms with Crippen molar-refractivity contribution in [2.24, 2.45) is 0 Å². The average molecular weight is 822 g/mol. The highest BCUT2D eigenvalue weighted by Gasteiger charge is 2.13. The Kier molecular flexibility index (Phi) is 17.3. The van der Waals surface area contributed by atoms with Crippen LogP contribution in [0.25, 0.3) is 0 Å². The van der Waals surface area contributed by atoms with Crippen molar-refractivity contribution in [1.82, 2.24) is 0 Å². The first kappa shape index (κ1) is 46.8. The van der Waals surface area contributed by atoms with Crippen LogP contribution in [0, 0.1) is 62.3 Å². The Morgan fingerprint density at radius 2 is 0.738 bits per heavy atom. The van der Waals surface area contributed by atoms with E-state index in [1.54, 1.807) is 0 Å². The van der Waals surface area contributed by atoms with Crippen LogP contribution in [-0.2, 0) is 12.8 Å². The molecular weight excluding hydrogens is 763 g/mol. The Bertz CT molecular complexity index is 2260. The standard InChI is InChI=1S/2C18H21NO2.C16H17NO2/c2*1-5-15-6-8-16(9-7-15)19-18(20)21-17-13(3)10-12(2)11-14(17)4;1-11-9-13(3)15(10-12(11)2)19-16(18)17-14-7-5-4-6-8-14/h2*6-11H,5H2,1-4H3,(H,19,20);4-10H,1-3H3,(H,17,18). The zero-order valence-corrected chi connectivity index (χ0v) is 37.3. The molecule has 6 rings (SSSR count). The van der Waals surface area contributed by atoms with Crippen molar-refractivity contribution in [3.63, 3.8) is 0 Å². The maximum atomic E-state index is 12.0. The minimum atomic E-state index is -0.474. The Morgan fingerprint density at radius 1 is 0.393 bits per heavy atom. The number of aryl methyl sites for hydroxylation is 11. The van der Waals surface area contributed by atoms with E-state index in [9.17, 15) is 14.4 Å². The third-order valence-electron chi connectivity index (χ3n) is 9.83. The molecule has 0 aliphatic carbocycles. The van der Waals surface area contributed by atoms with Crippen LogP contribution in [0.1, 0.15) is 75.0 Å². The number of carbonyl (C=O) groups excluding carboxylic acids is 3. The fourth-order valence-electron chi connectivity index (χ4n) is 6.58. The lowest BCUT2D eigenvalue weighted by molar-refractivity contribution is 0.213. The van der Waals surface area contributed by atoms with Crippen molar-refractivity contribution in [2.75, 3.05) is 16.0 Å². The molecule has 6 aromatic carbocycles. The van der Waals surface area contributed by atoms with Crippen LogP contribution in [0.15, 0.2) is 115 Å². The van der Waals surface area contributed by atoms with Crippen LogP contribution < -0.4 is 30.2 Å². The second-order valence-corrected chi connectivity index (χ2v) is 15.2. The molecule has 3 amide bonds. The lowest BCUT2D eigenvalue weighted by atomic mass is 10.1. The molecule has 0 saturated carbocycles. The number of rotatable bonds is 8. The molecule has 0 aliphatic rings. The molecule has 0 saturated heterocycles. The van der Waals surface area contributed by atoms with Gasteiger partial charge < -0.3 is 14.2 Å². The Labute approximate surface area is 361 Å². The van der Waals surface area contributed by atoms with E-state index in [4.69, 9.17) is 14.2 Å². The summed E-state index contributed by atoms with van der Waals surface area (Å²) in [6.07, 6.45) is 0.556. The van der Waals surface area contributed by atoms with Crippen LogP contribution in [0.4, 0.5) is 31.4 Å². The normalized spacial score (nSPS) is 10.2. The van der Waals surface area contributed by atoms with Gasteiger partial charge in [-0.05, 0) is 168 Å². The van der Waals surface area contributed by atoms with Crippen LogP contribution >= 0.6 is 0 Å². The van der Waals surface area contributed by atoms with Gasteiger partial charge in [0, 0.05) is 17.1 Å². The quantitative estimate of drug-likeness (QED) is 0.141. The summed E-state index contributed by atoms with van der Waals surface area (Å²) in [4.78, 5) is 35.8. The number of carbonyl (C=O) groups is 3. The van der Waals surface area contributed by atoms with Gasteiger partial charge in [0.1, 0.15) is 17.2 Å². The van der Waals surface area contributed by atoms with Crippen molar-refractivity contribution < 1.29 is 28.6 Å². The highest BCUT2D eigenvalue weighted by molar-refractivity contribution is 5.88. The number of para-hydroxylation sites is 1. The highest BCUT2D eigenvalue weighted by atomic mass is 16.6. The maximum Gasteiger partial charge on any atom is 0.417 e. The topological polar surface area (TPSA) is 115 Å². The average Bonchev–Trinajstić information content (AvgIpc) is 3.21. The Balaban J connectivity index is 0.000000202. The van der Waals surface area contributed by atoms with Gasteiger partial charge >= 0.3 is 18.3 Å². The van der Waals surface area contributed by atoms with Crippen molar-refractivity contribution in [1.29, 1.82) is 0 Å². The summed E-state index contributed by atoms with van der Waals surface area (Å²) in [5.41, 5.74) is 14.1. The van der Waals surface area contributed by atoms with Crippen molar-refractivity contribution >= 4 is 35.3 Å². The van der Waals surface area contributed by atoms with E-state index in [0.29, 0.717) is 22.9 Å². The summed E-state index contributed by atoms with van der Waals surface area (Å²) in [6.45, 7) is 22.0. The van der Waals surface area contributed by atoms with Gasteiger partial charge in [0.15, 0.2) is 0 Å². The van der Waals surface area contributed by atoms with Crippen molar-refractivity contribution in [3.05, 3.63) is 176 Å². The van der Waals surface area contributed by atoms with Gasteiger partial charge in [0.05, 0.1) is 0 Å². The molecule has 0 unspecified atom stereocenters. The highest BCUT2D eigenvalue weighted by Crippen LogP contribution is 2.27. The molecule has 0 fully saturated rings. The van der Waals surface area contributed by atoms with Crippen molar-refractivity contribution in [2.45, 2.75) is 89.0 Å². The lowest BCUT2D eigenvalue weighted by Gasteiger charge is -2.12. The number of benzene rings is 6. The van der Waals surface area contributed by atoms with Crippen LogP contribution in [0.5, 0.6) is 17.2 Å². The SMILES string of the molecule is CCc1ccc(NC(=O)Oc2c(C)cc(C)cc2C)cc1.CCc1ccc(NC(=O)Oc2c(C)cc(C)cc2C)cc1.Cc1cc(C)c(OC(=O)Nc2ccccc2)cc1C. The van der Waals surface area contributed by atoms with Gasteiger partial charge in [-0.1, -0.05) is 97.8 Å². The first-order chi connectivity index (χ1) is 29.0. The molecule has 0 heterocycles. The van der Waals surface area contributed by atoms with E-state index in [0.717, 1.165) is 68.7 Å². The van der Waals surface area contributed by atoms with E-state index in [-0.39, 0.29) is 0 Å². The minimum absolute atomic E-state index is 0.464. The summed E-state index contributed by atoms with van der Waals surface area (Å²) in [6, 6.07) is 36.7. The van der Waals surface area contributed by atoms with E-state index in [2.05, 4.69) is 29.8 Å². The number of anilines is 3. The fourth-order valence-corrected chi connectivity index (χ4v) is 6.58. The zero-order chi connectivity index (χ0) is 44.6. The molecule has 0 aromatic heterocycles. The fraction of sp³-hybridized carbons (Fsp3) is 0.250. The summed E-state index contributed by atoms with van der Waals surface area (Å²) >= 11 is 0. The number of hydrogen-bond donors (Lipinski definition) is 3. The molecule has 6 aromatic rings. The number of ether oxygens (including phenoxy) is 3. The summed E-state index contributed by atoms with van der Waals surface area (Å²) in [7, 11) is 0. The third kappa shape index (κ3) is 14.7. The lowest BCUT2D eigenvalue weighted by Crippen LogP contribution is -2.17. The van der Waals surface area contributed by atoms with Gasteiger partial charge in [-0.15, -0.1) is 0 Å². The zero-order valence-electron chi connectivity index (χ0n) is 37.3. The van der Waals surface area contributed by atoms with Crippen LogP contribution in [0.2, 0.25) is 0 Å². The first-order valence-corrected chi connectivity index (χ1v) is 20.5.